The normalized spacial score (nSPS) is 8.11. The summed E-state index contributed by atoms with van der Waals surface area (Å²) < 4.78 is 11.0. The average molecular weight is 197 g/mol. The first-order valence-corrected chi connectivity index (χ1v) is 3.08. The zero-order valence-corrected chi connectivity index (χ0v) is 6.90. The first-order valence-electron chi connectivity index (χ1n) is 2.15. The predicted molar refractivity (Wildman–Crippen MR) is 33.7 cm³/mol. The Morgan fingerprint density at radius 2 is 2.33 bits per heavy atom. The van der Waals surface area contributed by atoms with Gasteiger partial charge in [0.2, 0.25) is 0 Å². The fraction of sp³-hybridized carbons (Fsp3) is 0.250. The van der Waals surface area contributed by atoms with E-state index in [9.17, 15) is 0 Å². The fourth-order valence-corrected chi connectivity index (χ4v) is 0.549. The van der Waals surface area contributed by atoms with Crippen molar-refractivity contribution in [1.29, 1.82) is 0 Å². The van der Waals surface area contributed by atoms with Crippen molar-refractivity contribution in [2.24, 2.45) is 7.05 Å². The van der Waals surface area contributed by atoms with Gasteiger partial charge in [-0.25, -0.2) is 4.98 Å². The van der Waals surface area contributed by atoms with Gasteiger partial charge in [0.15, 0.2) is 0 Å². The van der Waals surface area contributed by atoms with Gasteiger partial charge in [0, 0.05) is 19.4 Å². The average Bonchev–Trinajstić information content (AvgIpc) is 2.23. The van der Waals surface area contributed by atoms with E-state index < -0.39 is 0 Å². The van der Waals surface area contributed by atoms with E-state index in [1.807, 2.05) is 17.8 Å². The Hall–Kier alpha value is 0.0895. The molecule has 0 aliphatic heterocycles. The summed E-state index contributed by atoms with van der Waals surface area (Å²) in [4.78, 5) is 3.94. The van der Waals surface area contributed by atoms with Gasteiger partial charge in [-0.15, -0.1) is 0 Å². The molecular weight excluding hydrogens is 190 g/mol. The molecule has 0 saturated carbocycles. The van der Waals surface area contributed by atoms with Crippen molar-refractivity contribution in [1.82, 2.24) is 9.55 Å². The molecule has 1 rings (SSSR count). The number of aromatic nitrogens is 2. The molecule has 0 aliphatic rings. The monoisotopic (exact) mass is 196 g/mol. The second-order valence-corrected chi connectivity index (χ2v) is 1.91. The molecule has 9 heavy (non-hydrogen) atoms. The van der Waals surface area contributed by atoms with Crippen LogP contribution in [0, 0.1) is 0 Å². The summed E-state index contributed by atoms with van der Waals surface area (Å²) in [6, 6.07) is 0. The standard InChI is InChI=1S/C4H7N2P.Cu.FH/c1-6-3-2-5-4(6)7;;/h2-3H,7H2,1H3;;1H/q;+1;/p-1. The first-order chi connectivity index (χ1) is 4.30. The third kappa shape index (κ3) is 2.95. The third-order valence-electron chi connectivity index (χ3n) is 0.858. The van der Waals surface area contributed by atoms with Gasteiger partial charge in [-0.2, -0.15) is 0 Å². The molecule has 0 fully saturated rings. The molecule has 1 atom stereocenters. The predicted octanol–water partition coefficient (Wildman–Crippen LogP) is 0.338. The van der Waals surface area contributed by atoms with Crippen molar-refractivity contribution < 1.29 is 20.0 Å². The summed E-state index contributed by atoms with van der Waals surface area (Å²) in [5.41, 5.74) is 0.972. The summed E-state index contributed by atoms with van der Waals surface area (Å²) in [7, 11) is 4.48. The van der Waals surface area contributed by atoms with E-state index in [4.69, 9.17) is 3.55 Å². The molecule has 0 radical (unpaired) electrons. The second-order valence-electron chi connectivity index (χ2n) is 1.40. The van der Waals surface area contributed by atoms with Crippen LogP contribution >= 0.6 is 9.24 Å². The quantitative estimate of drug-likeness (QED) is 0.432. The molecular formula is C4H7CuFN2P. The zero-order chi connectivity index (χ0) is 7.28. The van der Waals surface area contributed by atoms with Gasteiger partial charge >= 0.3 is 20.0 Å². The number of aryl methyl sites for hydroxylation is 1. The Labute approximate surface area is 64.3 Å². The topological polar surface area (TPSA) is 17.8 Å². The number of hydrogen-bond donors (Lipinski definition) is 0. The SMILES string of the molecule is Cn1ccnc1P.[F][Cu]. The van der Waals surface area contributed by atoms with Crippen LogP contribution < -0.4 is 5.57 Å². The van der Waals surface area contributed by atoms with Crippen LogP contribution in [0.3, 0.4) is 0 Å². The second kappa shape index (κ2) is 4.92. The van der Waals surface area contributed by atoms with E-state index in [1.165, 1.54) is 0 Å². The Morgan fingerprint density at radius 1 is 1.78 bits per heavy atom. The number of hydrogen-bond acceptors (Lipinski definition) is 1. The Bertz CT molecular complexity index is 151. The Morgan fingerprint density at radius 3 is 2.44 bits per heavy atom. The molecule has 0 spiro atoms. The van der Waals surface area contributed by atoms with Crippen LogP contribution in [0.4, 0.5) is 3.55 Å². The van der Waals surface area contributed by atoms with Crippen molar-refractivity contribution in [2.75, 3.05) is 0 Å². The number of imidazole rings is 1. The first kappa shape index (κ1) is 9.09. The van der Waals surface area contributed by atoms with Crippen molar-refractivity contribution in [3.05, 3.63) is 12.4 Å². The van der Waals surface area contributed by atoms with E-state index in [0.717, 1.165) is 5.57 Å². The minimum absolute atomic E-state index is 0.972. The molecule has 1 unspecified atom stereocenters. The van der Waals surface area contributed by atoms with E-state index in [0.29, 0.717) is 0 Å². The van der Waals surface area contributed by atoms with Crippen molar-refractivity contribution >= 4 is 14.8 Å². The number of rotatable bonds is 0. The van der Waals surface area contributed by atoms with Gasteiger partial charge in [0.25, 0.3) is 0 Å². The van der Waals surface area contributed by atoms with Crippen LogP contribution in [-0.4, -0.2) is 9.55 Å². The maximum atomic E-state index is 9.06. The molecule has 1 aromatic heterocycles. The summed E-state index contributed by atoms with van der Waals surface area (Å²) >= 11 is 2.69. The molecule has 0 bridgehead atoms. The van der Waals surface area contributed by atoms with Crippen LogP contribution in [0.25, 0.3) is 0 Å². The van der Waals surface area contributed by atoms with Gasteiger partial charge in [0.1, 0.15) is 5.57 Å². The van der Waals surface area contributed by atoms with E-state index in [1.54, 1.807) is 6.20 Å². The zero-order valence-electron chi connectivity index (χ0n) is 4.81. The summed E-state index contributed by atoms with van der Waals surface area (Å²) in [6.45, 7) is 0. The third-order valence-corrected chi connectivity index (χ3v) is 1.41. The van der Waals surface area contributed by atoms with Crippen LogP contribution in [0.15, 0.2) is 12.4 Å². The molecule has 1 aromatic rings. The summed E-state index contributed by atoms with van der Waals surface area (Å²) in [5.74, 6) is 0. The molecule has 0 saturated heterocycles. The number of nitrogens with zero attached hydrogens (tertiary/aromatic N) is 2. The van der Waals surface area contributed by atoms with Gasteiger partial charge in [-0.05, 0) is 0 Å². The molecule has 0 N–H and O–H groups in total. The molecule has 0 amide bonds. The van der Waals surface area contributed by atoms with Gasteiger partial charge in [0.05, 0.1) is 0 Å². The summed E-state index contributed by atoms with van der Waals surface area (Å²) in [5, 5.41) is 0. The molecule has 5 heteroatoms. The van der Waals surface area contributed by atoms with Crippen LogP contribution in [0.5, 0.6) is 0 Å². The molecule has 0 aliphatic carbocycles. The molecule has 56 valence electrons. The fourth-order valence-electron chi connectivity index (χ4n) is 0.377. The van der Waals surface area contributed by atoms with E-state index in [-0.39, 0.29) is 0 Å². The van der Waals surface area contributed by atoms with E-state index >= 15 is 0 Å². The van der Waals surface area contributed by atoms with Crippen molar-refractivity contribution in [3.8, 4) is 0 Å². The number of halogens is 1. The molecule has 1 heterocycles. The Balaban J connectivity index is 0.000000291. The van der Waals surface area contributed by atoms with E-state index in [2.05, 4.69) is 30.7 Å². The molecule has 2 nitrogen and oxygen atoms in total. The van der Waals surface area contributed by atoms with Gasteiger partial charge in [-0.1, -0.05) is 9.24 Å². The van der Waals surface area contributed by atoms with Crippen LogP contribution in [0.1, 0.15) is 0 Å². The van der Waals surface area contributed by atoms with Crippen LogP contribution in [0.2, 0.25) is 0 Å². The van der Waals surface area contributed by atoms with Crippen molar-refractivity contribution in [2.45, 2.75) is 0 Å². The summed E-state index contributed by atoms with van der Waals surface area (Å²) in [6.07, 6.45) is 3.67. The Kier molecular flexibility index (Phi) is 4.97. The van der Waals surface area contributed by atoms with Crippen molar-refractivity contribution in [3.63, 3.8) is 0 Å². The van der Waals surface area contributed by atoms with Gasteiger partial charge < -0.3 is 4.57 Å². The van der Waals surface area contributed by atoms with Crippen LogP contribution in [-0.2, 0) is 23.5 Å². The van der Waals surface area contributed by atoms with Gasteiger partial charge in [-0.3, -0.25) is 0 Å². The molecule has 0 aromatic carbocycles. The maximum absolute atomic E-state index is 9.06. The minimum atomic E-state index is 0.972.